The van der Waals surface area contributed by atoms with Crippen molar-refractivity contribution in [1.82, 2.24) is 14.7 Å². The van der Waals surface area contributed by atoms with Crippen LogP contribution in [0.4, 0.5) is 5.69 Å². The molecule has 0 aliphatic carbocycles. The summed E-state index contributed by atoms with van der Waals surface area (Å²) in [6.07, 6.45) is 1.58. The molecule has 1 radical (unpaired) electrons. The molecule has 2 unspecified atom stereocenters. The summed E-state index contributed by atoms with van der Waals surface area (Å²) in [5, 5.41) is 36.8. The molecule has 0 spiro atoms. The molecule has 0 saturated carbocycles. The van der Waals surface area contributed by atoms with E-state index in [0.29, 0.717) is 30.7 Å². The first-order valence-corrected chi connectivity index (χ1v) is 16.2. The van der Waals surface area contributed by atoms with E-state index in [0.717, 1.165) is 16.0 Å². The minimum absolute atomic E-state index is 0. The van der Waals surface area contributed by atoms with Gasteiger partial charge in [0.05, 0.1) is 23.9 Å². The molecule has 2 aromatic rings. The summed E-state index contributed by atoms with van der Waals surface area (Å²) in [6.45, 7) is 1.96. The fourth-order valence-corrected chi connectivity index (χ4v) is 5.13. The summed E-state index contributed by atoms with van der Waals surface area (Å²) in [5.74, 6) is -4.67. The first kappa shape index (κ1) is 47.0. The van der Waals surface area contributed by atoms with E-state index < -0.39 is 57.0 Å². The van der Waals surface area contributed by atoms with Crippen molar-refractivity contribution in [3.05, 3.63) is 48.5 Å². The average molecular weight is 883 g/mol. The van der Waals surface area contributed by atoms with Crippen molar-refractivity contribution in [3.8, 4) is 16.9 Å². The van der Waals surface area contributed by atoms with Crippen LogP contribution in [0.2, 0.25) is 0 Å². The number of amides is 1. The summed E-state index contributed by atoms with van der Waals surface area (Å²) >= 11 is 0. The maximum absolute atomic E-state index is 12.9. The van der Waals surface area contributed by atoms with Crippen LogP contribution in [-0.4, -0.2) is 123 Å². The zero-order valence-corrected chi connectivity index (χ0v) is 31.5. The molecule has 0 bridgehead atoms. The fraction of sp³-hybridized carbons (Fsp3) is 0.457. The molecule has 18 heteroatoms. The Balaban J connectivity index is 0.0000140. The molecular weight excluding hydrogens is 842 g/mol. The molecule has 2 aromatic carbocycles. The summed E-state index contributed by atoms with van der Waals surface area (Å²) < 4.78 is 15.5. The second-order valence-electron chi connectivity index (χ2n) is 11.9. The number of anilines is 1. The molecule has 0 heterocycles. The van der Waals surface area contributed by atoms with Crippen molar-refractivity contribution >= 4 is 48.2 Å². The number of carboxylic acids is 3. The normalized spacial score (nSPS) is 11.9. The number of hydrogen-bond donors (Lipinski definition) is 1. The van der Waals surface area contributed by atoms with E-state index in [-0.39, 0.29) is 83.8 Å². The van der Waals surface area contributed by atoms with E-state index in [9.17, 15) is 48.9 Å². The summed E-state index contributed by atoms with van der Waals surface area (Å²) in [5.41, 5.74) is 2.06. The number of benzene rings is 2. The number of carbonyl (C=O) groups is 5. The summed E-state index contributed by atoms with van der Waals surface area (Å²) in [4.78, 5) is 83.3. The van der Waals surface area contributed by atoms with Gasteiger partial charge in [0.1, 0.15) is 31.6 Å². The number of hydrogen-bond acceptors (Lipinski definition) is 16. The third-order valence-corrected chi connectivity index (χ3v) is 7.76. The number of nitrogens with zero attached hydrogens (tertiary/aromatic N) is 3. The topological polar surface area (TPSA) is 238 Å². The van der Waals surface area contributed by atoms with Gasteiger partial charge >= 0.3 is 39.9 Å². The number of carboxylic acid groups (broad SMARTS) is 3. The van der Waals surface area contributed by atoms with Gasteiger partial charge in [0.15, 0.2) is 0 Å². The fourth-order valence-electron chi connectivity index (χ4n) is 5.13. The van der Waals surface area contributed by atoms with Crippen LogP contribution in [0.1, 0.15) is 33.1 Å². The van der Waals surface area contributed by atoms with Crippen LogP contribution in [0.3, 0.4) is 0 Å². The third-order valence-electron chi connectivity index (χ3n) is 7.76. The molecule has 17 nitrogen and oxygen atoms in total. The van der Waals surface area contributed by atoms with E-state index in [4.69, 9.17) is 14.2 Å². The average Bonchev–Trinajstić information content (AvgIpc) is 3.08. The molecular formula is C35H41GdN4O13-2. The van der Waals surface area contributed by atoms with Crippen LogP contribution >= 0.6 is 0 Å². The molecule has 53 heavy (non-hydrogen) atoms. The standard InChI is InChI=1S/C35H44N4O13.Gd/c1-25(6-5-7-26(2)42)35(49)36-31-9-4-3-8-30(31)27-10-12-29(13-11-27)52-20-28(39(21-50-23-40)22-51-24-41)16-37(17-32(43)44)14-15-38(18-33(45)46)19-34(47)48;/h3-4,8-13,25,28H,5-7,14-22H2,1-2H3,(H,36,49)(H,43,44)(H,45,46)(H,47,48);/q-2;+3/p-3. The van der Waals surface area contributed by atoms with Gasteiger partial charge in [-0.25, -0.2) is 4.90 Å². The Morgan fingerprint density at radius 3 is 1.91 bits per heavy atom. The van der Waals surface area contributed by atoms with E-state index in [1.165, 1.54) is 29.7 Å². The number of ether oxygens (including phenoxy) is 3. The SMILES string of the molecule is CC(=O)CCCC(C)C(=O)Nc1ccccc1-c1ccc(OCC(CN(CCN(CC(=O)[O-])CC(=O)[O-])CC(=O)[O-])N(CO[C-]=O)CO[C-]=O)cc1.[Gd+3]. The van der Waals surface area contributed by atoms with Gasteiger partial charge in [0, 0.05) is 62.9 Å². The second kappa shape index (κ2) is 25.8. The zero-order chi connectivity index (χ0) is 38.5. The van der Waals surface area contributed by atoms with Crippen LogP contribution in [0.5, 0.6) is 5.75 Å². The summed E-state index contributed by atoms with van der Waals surface area (Å²) in [6, 6.07) is 13.2. The van der Waals surface area contributed by atoms with Gasteiger partial charge in [-0.15, -0.1) is 0 Å². The molecule has 1 N–H and O–H groups in total. The molecule has 0 aliphatic rings. The number of para-hydroxylation sites is 1. The molecule has 2 atom stereocenters. The van der Waals surface area contributed by atoms with Gasteiger partial charge in [-0.05, 0) is 43.5 Å². The smallest absolute Gasteiger partial charge is 0.642 e. The zero-order valence-electron chi connectivity index (χ0n) is 29.3. The number of carbonyl (C=O) groups excluding carboxylic acids is 7. The predicted octanol–water partition coefficient (Wildman–Crippen LogP) is -2.33. The molecule has 0 saturated heterocycles. The van der Waals surface area contributed by atoms with Gasteiger partial charge in [-0.2, -0.15) is 0 Å². The molecule has 0 fully saturated rings. The Kier molecular flexibility index (Phi) is 22.9. The van der Waals surface area contributed by atoms with Gasteiger partial charge in [-0.3, -0.25) is 14.6 Å². The van der Waals surface area contributed by atoms with Crippen molar-refractivity contribution in [2.45, 2.75) is 39.2 Å². The maximum atomic E-state index is 12.9. The molecule has 0 aliphatic heterocycles. The monoisotopic (exact) mass is 883 g/mol. The number of nitrogens with one attached hydrogen (secondary N) is 1. The van der Waals surface area contributed by atoms with Crippen molar-refractivity contribution in [2.24, 2.45) is 5.92 Å². The first-order valence-electron chi connectivity index (χ1n) is 16.2. The van der Waals surface area contributed by atoms with Gasteiger partial charge < -0.3 is 63.6 Å². The number of rotatable bonds is 28. The van der Waals surface area contributed by atoms with Crippen LogP contribution in [0.15, 0.2) is 48.5 Å². The molecule has 2 rings (SSSR count). The third kappa shape index (κ3) is 19.0. The molecule has 1 amide bonds. The molecule has 0 aromatic heterocycles. The quantitative estimate of drug-likeness (QED) is 0.0697. The Hall–Kier alpha value is -4.07. The second-order valence-corrected chi connectivity index (χ2v) is 11.9. The van der Waals surface area contributed by atoms with Crippen molar-refractivity contribution in [1.29, 1.82) is 0 Å². The van der Waals surface area contributed by atoms with E-state index in [1.54, 1.807) is 43.3 Å². The van der Waals surface area contributed by atoms with Crippen LogP contribution in [-0.2, 0) is 43.0 Å². The minimum atomic E-state index is -1.55. The van der Waals surface area contributed by atoms with Crippen LogP contribution in [0.25, 0.3) is 11.1 Å². The Morgan fingerprint density at radius 1 is 0.811 bits per heavy atom. The van der Waals surface area contributed by atoms with Crippen molar-refractivity contribution < 1.29 is 103 Å². The predicted molar refractivity (Wildman–Crippen MR) is 177 cm³/mol. The first-order chi connectivity index (χ1) is 24.8. The Labute approximate surface area is 339 Å². The van der Waals surface area contributed by atoms with Crippen LogP contribution in [0, 0.1) is 45.9 Å². The molecule has 289 valence electrons. The van der Waals surface area contributed by atoms with Crippen molar-refractivity contribution in [2.75, 3.05) is 64.7 Å². The van der Waals surface area contributed by atoms with E-state index >= 15 is 0 Å². The minimum Gasteiger partial charge on any atom is -0.642 e. The number of ketones is 1. The Bertz CT molecular complexity index is 1470. The van der Waals surface area contributed by atoms with E-state index in [2.05, 4.69) is 5.32 Å². The Morgan fingerprint density at radius 2 is 1.36 bits per heavy atom. The van der Waals surface area contributed by atoms with Gasteiger partial charge in [0.2, 0.25) is 5.91 Å². The summed E-state index contributed by atoms with van der Waals surface area (Å²) in [7, 11) is 0. The number of Topliss-reactive ketones (excluding diaryl/α,β-unsaturated/α-hetero) is 1. The van der Waals surface area contributed by atoms with Crippen LogP contribution < -0.4 is 25.4 Å². The number of aliphatic carboxylic acids is 3. The van der Waals surface area contributed by atoms with Gasteiger partial charge in [-0.1, -0.05) is 50.2 Å². The van der Waals surface area contributed by atoms with E-state index in [1.807, 2.05) is 12.1 Å². The largest absolute Gasteiger partial charge is 3.00 e. The van der Waals surface area contributed by atoms with Gasteiger partial charge in [0.25, 0.3) is 0 Å². The van der Waals surface area contributed by atoms with Crippen molar-refractivity contribution in [3.63, 3.8) is 0 Å². The maximum Gasteiger partial charge on any atom is 3.00 e.